The quantitative estimate of drug-likeness (QED) is 0.675. The van der Waals surface area contributed by atoms with Crippen molar-refractivity contribution in [1.82, 2.24) is 15.4 Å². The zero-order valence-electron chi connectivity index (χ0n) is 6.17. The largest absolute Gasteiger partial charge is 0.320 e. The molecule has 0 aliphatic heterocycles. The summed E-state index contributed by atoms with van der Waals surface area (Å²) in [6.07, 6.45) is -0.671. The van der Waals surface area contributed by atoms with Crippen molar-refractivity contribution < 1.29 is 8.78 Å². The molecule has 12 heavy (non-hydrogen) atoms. The average molecular weight is 174 g/mol. The van der Waals surface area contributed by atoms with E-state index in [0.29, 0.717) is 12.1 Å². The van der Waals surface area contributed by atoms with Gasteiger partial charge in [0.15, 0.2) is 0 Å². The Balaban J connectivity index is 2.17. The lowest BCUT2D eigenvalue weighted by atomic mass is 10.1. The summed E-state index contributed by atoms with van der Waals surface area (Å²) in [5.74, 6) is -0.750. The minimum atomic E-state index is -2.36. The summed E-state index contributed by atoms with van der Waals surface area (Å²) in [6.45, 7) is 0. The molecule has 66 valence electrons. The highest BCUT2D eigenvalue weighted by atomic mass is 19.3. The summed E-state index contributed by atoms with van der Waals surface area (Å²) in [5, 5.41) is 9.42. The Morgan fingerprint density at radius 2 is 2.50 bits per heavy atom. The van der Waals surface area contributed by atoms with Gasteiger partial charge in [0.05, 0.1) is 17.4 Å². The standard InChI is InChI=1S/C6H8F2N4/c7-5(8)3-1-6(3,9)4-2-10-12-11-4/h2-3,5H,1,9H2,(H,10,11,12)/t3?,6-/m1/s1. The van der Waals surface area contributed by atoms with Crippen molar-refractivity contribution >= 4 is 0 Å². The molecule has 1 aliphatic rings. The molecule has 1 aromatic heterocycles. The van der Waals surface area contributed by atoms with Gasteiger partial charge in [-0.2, -0.15) is 0 Å². The molecule has 0 spiro atoms. The fraction of sp³-hybridized carbons (Fsp3) is 0.667. The highest BCUT2D eigenvalue weighted by Gasteiger charge is 2.58. The zero-order valence-corrected chi connectivity index (χ0v) is 6.17. The van der Waals surface area contributed by atoms with E-state index >= 15 is 0 Å². The maximum atomic E-state index is 12.2. The van der Waals surface area contributed by atoms with E-state index < -0.39 is 17.9 Å². The molecule has 1 aliphatic carbocycles. The maximum absolute atomic E-state index is 12.2. The lowest BCUT2D eigenvalue weighted by molar-refractivity contribution is 0.112. The summed E-state index contributed by atoms with van der Waals surface area (Å²) in [5.41, 5.74) is 5.24. The Morgan fingerprint density at radius 3 is 2.92 bits per heavy atom. The van der Waals surface area contributed by atoms with Crippen molar-refractivity contribution in [3.8, 4) is 0 Å². The van der Waals surface area contributed by atoms with Crippen molar-refractivity contribution in [2.24, 2.45) is 11.7 Å². The van der Waals surface area contributed by atoms with Crippen LogP contribution in [0.25, 0.3) is 0 Å². The monoisotopic (exact) mass is 174 g/mol. The number of nitrogens with one attached hydrogen (secondary N) is 1. The minimum Gasteiger partial charge on any atom is -0.320 e. The zero-order chi connectivity index (χ0) is 8.77. The first-order valence-corrected chi connectivity index (χ1v) is 3.58. The first kappa shape index (κ1) is 7.60. The molecule has 1 unspecified atom stereocenters. The lowest BCUT2D eigenvalue weighted by Gasteiger charge is -2.06. The van der Waals surface area contributed by atoms with Crippen LogP contribution in [0.1, 0.15) is 12.1 Å². The van der Waals surface area contributed by atoms with Gasteiger partial charge in [-0.15, -0.1) is 5.10 Å². The topological polar surface area (TPSA) is 67.6 Å². The number of hydrogen-bond acceptors (Lipinski definition) is 3. The first-order valence-electron chi connectivity index (χ1n) is 3.58. The van der Waals surface area contributed by atoms with Crippen molar-refractivity contribution in [2.45, 2.75) is 18.4 Å². The predicted octanol–water partition coefficient (Wildman–Crippen LogP) is 0.244. The number of H-pyrrole nitrogens is 1. The summed E-state index contributed by atoms with van der Waals surface area (Å²) >= 11 is 0. The Bertz CT molecular complexity index is 273. The number of aromatic nitrogens is 3. The van der Waals surface area contributed by atoms with Crippen LogP contribution < -0.4 is 5.73 Å². The number of halogens is 2. The van der Waals surface area contributed by atoms with Gasteiger partial charge in [0.2, 0.25) is 6.43 Å². The van der Waals surface area contributed by atoms with Gasteiger partial charge in [-0.3, -0.25) is 5.10 Å². The number of aromatic amines is 1. The number of nitrogens with two attached hydrogens (primary N) is 1. The van der Waals surface area contributed by atoms with Crippen LogP contribution in [0.3, 0.4) is 0 Å². The van der Waals surface area contributed by atoms with E-state index in [1.807, 2.05) is 0 Å². The molecule has 1 saturated carbocycles. The second kappa shape index (κ2) is 2.22. The second-order valence-corrected chi connectivity index (χ2v) is 3.06. The Morgan fingerprint density at radius 1 is 1.75 bits per heavy atom. The number of nitrogens with zero attached hydrogens (tertiary/aromatic N) is 2. The van der Waals surface area contributed by atoms with E-state index in [-0.39, 0.29) is 0 Å². The van der Waals surface area contributed by atoms with Crippen LogP contribution in [0.15, 0.2) is 6.20 Å². The van der Waals surface area contributed by atoms with E-state index in [4.69, 9.17) is 5.73 Å². The van der Waals surface area contributed by atoms with Crippen LogP contribution in [0.4, 0.5) is 8.78 Å². The van der Waals surface area contributed by atoms with Crippen molar-refractivity contribution in [2.75, 3.05) is 0 Å². The molecule has 0 aromatic carbocycles. The Hall–Kier alpha value is -1.04. The van der Waals surface area contributed by atoms with E-state index in [0.717, 1.165) is 0 Å². The number of rotatable bonds is 2. The highest BCUT2D eigenvalue weighted by molar-refractivity contribution is 5.22. The van der Waals surface area contributed by atoms with Gasteiger partial charge < -0.3 is 5.73 Å². The van der Waals surface area contributed by atoms with Gasteiger partial charge >= 0.3 is 0 Å². The molecule has 2 rings (SSSR count). The van der Waals surface area contributed by atoms with Gasteiger partial charge in [0.25, 0.3) is 0 Å². The van der Waals surface area contributed by atoms with Gasteiger partial charge in [0.1, 0.15) is 0 Å². The van der Waals surface area contributed by atoms with E-state index in [1.54, 1.807) is 0 Å². The smallest absolute Gasteiger partial charge is 0.243 e. The molecule has 1 aromatic rings. The van der Waals surface area contributed by atoms with Gasteiger partial charge in [-0.25, -0.2) is 8.78 Å². The fourth-order valence-corrected chi connectivity index (χ4v) is 1.35. The third-order valence-corrected chi connectivity index (χ3v) is 2.28. The molecule has 1 heterocycles. The van der Waals surface area contributed by atoms with Crippen LogP contribution >= 0.6 is 0 Å². The molecule has 0 radical (unpaired) electrons. The average Bonchev–Trinajstić information content (AvgIpc) is 2.52. The van der Waals surface area contributed by atoms with Gasteiger partial charge in [-0.1, -0.05) is 5.21 Å². The molecule has 3 N–H and O–H groups in total. The lowest BCUT2D eigenvalue weighted by Crippen LogP contribution is -2.25. The summed E-state index contributed by atoms with van der Waals surface area (Å²) in [6, 6.07) is 0. The van der Waals surface area contributed by atoms with Crippen LogP contribution in [0.2, 0.25) is 0 Å². The van der Waals surface area contributed by atoms with Gasteiger partial charge in [-0.05, 0) is 6.42 Å². The van der Waals surface area contributed by atoms with E-state index in [1.165, 1.54) is 6.20 Å². The van der Waals surface area contributed by atoms with Crippen LogP contribution in [0.5, 0.6) is 0 Å². The normalized spacial score (nSPS) is 34.2. The summed E-state index contributed by atoms with van der Waals surface area (Å²) in [4.78, 5) is 0. The highest BCUT2D eigenvalue weighted by Crippen LogP contribution is 2.51. The molecular formula is C6H8F2N4. The molecule has 0 saturated heterocycles. The third kappa shape index (κ3) is 0.911. The van der Waals surface area contributed by atoms with Crippen molar-refractivity contribution in [3.63, 3.8) is 0 Å². The first-order chi connectivity index (χ1) is 5.64. The van der Waals surface area contributed by atoms with Gasteiger partial charge in [0, 0.05) is 5.92 Å². The van der Waals surface area contributed by atoms with E-state index in [2.05, 4.69) is 15.4 Å². The second-order valence-electron chi connectivity index (χ2n) is 3.06. The molecule has 6 heteroatoms. The molecule has 0 bridgehead atoms. The fourth-order valence-electron chi connectivity index (χ4n) is 1.35. The van der Waals surface area contributed by atoms with Crippen LogP contribution in [-0.4, -0.2) is 21.8 Å². The number of hydrogen-bond donors (Lipinski definition) is 2. The van der Waals surface area contributed by atoms with Crippen LogP contribution in [-0.2, 0) is 5.54 Å². The predicted molar refractivity (Wildman–Crippen MR) is 36.4 cm³/mol. The minimum absolute atomic E-state index is 0.300. The molecule has 4 nitrogen and oxygen atoms in total. The SMILES string of the molecule is N[C@]1(c2cnn[nH]2)CC1C(F)F. The molecule has 1 fully saturated rings. The summed E-state index contributed by atoms with van der Waals surface area (Å²) in [7, 11) is 0. The molecular weight excluding hydrogens is 166 g/mol. The van der Waals surface area contributed by atoms with Crippen LogP contribution in [0, 0.1) is 5.92 Å². The molecule has 2 atom stereocenters. The Kier molecular flexibility index (Phi) is 1.41. The van der Waals surface area contributed by atoms with Crippen molar-refractivity contribution in [1.29, 1.82) is 0 Å². The maximum Gasteiger partial charge on any atom is 0.243 e. The van der Waals surface area contributed by atoms with E-state index in [9.17, 15) is 8.78 Å². The third-order valence-electron chi connectivity index (χ3n) is 2.28. The summed E-state index contributed by atoms with van der Waals surface area (Å²) < 4.78 is 24.3. The molecule has 0 amide bonds. The Labute approximate surface area is 67.1 Å². The van der Waals surface area contributed by atoms with Crippen molar-refractivity contribution in [3.05, 3.63) is 11.9 Å². The number of alkyl halides is 2.